The topological polar surface area (TPSA) is 26.0 Å². The van der Waals surface area contributed by atoms with Gasteiger partial charge >= 0.3 is 0 Å². The maximum atomic E-state index is 13.0. The first-order chi connectivity index (χ1) is 5.58. The summed E-state index contributed by atoms with van der Waals surface area (Å²) in [5.41, 5.74) is 4.96. The second-order valence-corrected chi connectivity index (χ2v) is 3.55. The number of halogens is 3. The van der Waals surface area contributed by atoms with E-state index in [1.54, 1.807) is 18.2 Å². The van der Waals surface area contributed by atoms with Crippen molar-refractivity contribution < 1.29 is 8.78 Å². The van der Waals surface area contributed by atoms with Crippen LogP contribution in [-0.2, 0) is 5.92 Å². The lowest BCUT2D eigenvalue weighted by Crippen LogP contribution is -2.25. The van der Waals surface area contributed by atoms with Crippen molar-refractivity contribution in [2.24, 2.45) is 5.73 Å². The quantitative estimate of drug-likeness (QED) is 0.828. The molecule has 0 fully saturated rings. The van der Waals surface area contributed by atoms with Crippen LogP contribution < -0.4 is 5.73 Å². The molecular weight excluding hydrogens is 275 g/mol. The van der Waals surface area contributed by atoms with Crippen molar-refractivity contribution >= 4 is 22.6 Å². The van der Waals surface area contributed by atoms with Gasteiger partial charge in [-0.2, -0.15) is 8.78 Å². The molecule has 1 nitrogen and oxygen atoms in total. The summed E-state index contributed by atoms with van der Waals surface area (Å²) >= 11 is 1.87. The molecule has 0 heterocycles. The highest BCUT2D eigenvalue weighted by atomic mass is 127. The molecule has 1 aromatic carbocycles. The van der Waals surface area contributed by atoms with Crippen molar-refractivity contribution in [1.29, 1.82) is 0 Å². The van der Waals surface area contributed by atoms with Gasteiger partial charge in [0.25, 0.3) is 5.92 Å². The number of hydrogen-bond donors (Lipinski definition) is 1. The minimum atomic E-state index is -2.90. The fraction of sp³-hybridized carbons (Fsp3) is 0.250. The molecule has 1 rings (SSSR count). The Balaban J connectivity index is 3.10. The van der Waals surface area contributed by atoms with E-state index >= 15 is 0 Å². The molecule has 0 saturated carbocycles. The van der Waals surface area contributed by atoms with Gasteiger partial charge in [-0.05, 0) is 28.7 Å². The first-order valence-corrected chi connectivity index (χ1v) is 4.48. The molecule has 66 valence electrons. The summed E-state index contributed by atoms with van der Waals surface area (Å²) in [4.78, 5) is 0. The lowest BCUT2D eigenvalue weighted by atomic mass is 10.1. The Bertz CT molecular complexity index is 276. The predicted molar refractivity (Wildman–Crippen MR) is 52.1 cm³/mol. The smallest absolute Gasteiger partial charge is 0.286 e. The second kappa shape index (κ2) is 3.66. The average Bonchev–Trinajstić information content (AvgIpc) is 2.05. The maximum absolute atomic E-state index is 13.0. The molecule has 0 radical (unpaired) electrons. The molecule has 4 heteroatoms. The Morgan fingerprint density at radius 1 is 1.33 bits per heavy atom. The SMILES string of the molecule is NCC(F)(F)c1ccccc1I. The summed E-state index contributed by atoms with van der Waals surface area (Å²) in [7, 11) is 0. The largest absolute Gasteiger partial charge is 0.325 e. The van der Waals surface area contributed by atoms with Crippen LogP contribution in [0.4, 0.5) is 8.78 Å². The predicted octanol–water partition coefficient (Wildman–Crippen LogP) is 2.34. The molecule has 0 aliphatic rings. The number of hydrogen-bond acceptors (Lipinski definition) is 1. The van der Waals surface area contributed by atoms with E-state index in [2.05, 4.69) is 0 Å². The van der Waals surface area contributed by atoms with Gasteiger partial charge < -0.3 is 5.73 Å². The zero-order valence-corrected chi connectivity index (χ0v) is 8.39. The lowest BCUT2D eigenvalue weighted by Gasteiger charge is -2.15. The van der Waals surface area contributed by atoms with E-state index in [4.69, 9.17) is 5.73 Å². The van der Waals surface area contributed by atoms with E-state index in [0.29, 0.717) is 3.57 Å². The summed E-state index contributed by atoms with van der Waals surface area (Å²) in [6.07, 6.45) is 0. The number of benzene rings is 1. The molecule has 0 atom stereocenters. The van der Waals surface area contributed by atoms with Gasteiger partial charge in [0.15, 0.2) is 0 Å². The zero-order valence-electron chi connectivity index (χ0n) is 6.23. The monoisotopic (exact) mass is 283 g/mol. The highest BCUT2D eigenvalue weighted by molar-refractivity contribution is 14.1. The molecule has 0 bridgehead atoms. The molecule has 12 heavy (non-hydrogen) atoms. The van der Waals surface area contributed by atoms with Crippen LogP contribution in [-0.4, -0.2) is 6.54 Å². The van der Waals surface area contributed by atoms with Crippen molar-refractivity contribution in [2.75, 3.05) is 6.54 Å². The van der Waals surface area contributed by atoms with Crippen LogP contribution in [0.15, 0.2) is 24.3 Å². The number of rotatable bonds is 2. The third-order valence-electron chi connectivity index (χ3n) is 1.52. The van der Waals surface area contributed by atoms with Gasteiger partial charge in [0.05, 0.1) is 6.54 Å². The fourth-order valence-electron chi connectivity index (χ4n) is 0.868. The van der Waals surface area contributed by atoms with E-state index in [0.717, 1.165) is 0 Å². The average molecular weight is 283 g/mol. The first-order valence-electron chi connectivity index (χ1n) is 3.41. The molecule has 0 aliphatic carbocycles. The van der Waals surface area contributed by atoms with Crippen molar-refractivity contribution in [3.8, 4) is 0 Å². The molecular formula is C8H8F2IN. The fourth-order valence-corrected chi connectivity index (χ4v) is 1.65. The molecule has 0 unspecified atom stereocenters. The van der Waals surface area contributed by atoms with Gasteiger partial charge in [0.1, 0.15) is 0 Å². The minimum absolute atomic E-state index is 0.00750. The molecule has 0 amide bonds. The van der Waals surface area contributed by atoms with Crippen LogP contribution in [0.2, 0.25) is 0 Å². The summed E-state index contributed by atoms with van der Waals surface area (Å²) < 4.78 is 26.6. The maximum Gasteiger partial charge on any atom is 0.286 e. The van der Waals surface area contributed by atoms with E-state index in [1.165, 1.54) is 6.07 Å². The van der Waals surface area contributed by atoms with Crippen LogP contribution in [0.25, 0.3) is 0 Å². The Morgan fingerprint density at radius 3 is 2.42 bits per heavy atom. The van der Waals surface area contributed by atoms with Crippen LogP contribution in [0.3, 0.4) is 0 Å². The number of nitrogens with two attached hydrogens (primary N) is 1. The van der Waals surface area contributed by atoms with Gasteiger partial charge in [-0.15, -0.1) is 0 Å². The van der Waals surface area contributed by atoms with Gasteiger partial charge in [-0.3, -0.25) is 0 Å². The van der Waals surface area contributed by atoms with Crippen molar-refractivity contribution in [3.63, 3.8) is 0 Å². The molecule has 0 aromatic heterocycles. The van der Waals surface area contributed by atoms with Crippen LogP contribution in [0, 0.1) is 3.57 Å². The summed E-state index contributed by atoms with van der Waals surface area (Å²) in [5, 5.41) is 0. The third kappa shape index (κ3) is 1.92. The van der Waals surface area contributed by atoms with Gasteiger partial charge in [-0.1, -0.05) is 18.2 Å². The standard InChI is InChI=1S/C8H8F2IN/c9-8(10,5-12)6-3-1-2-4-7(6)11/h1-4H,5,12H2. The lowest BCUT2D eigenvalue weighted by molar-refractivity contribution is 0.00510. The Kier molecular flexibility index (Phi) is 3.00. The van der Waals surface area contributed by atoms with Crippen LogP contribution in [0.5, 0.6) is 0 Å². The molecule has 0 saturated heterocycles. The minimum Gasteiger partial charge on any atom is -0.325 e. The molecule has 1 aromatic rings. The third-order valence-corrected chi connectivity index (χ3v) is 2.46. The molecule has 0 spiro atoms. The van der Waals surface area contributed by atoms with Crippen molar-refractivity contribution in [3.05, 3.63) is 33.4 Å². The summed E-state index contributed by atoms with van der Waals surface area (Å²) in [6.45, 7) is -0.646. The van der Waals surface area contributed by atoms with E-state index in [1.807, 2.05) is 22.6 Å². The second-order valence-electron chi connectivity index (χ2n) is 2.39. The van der Waals surface area contributed by atoms with E-state index < -0.39 is 12.5 Å². The van der Waals surface area contributed by atoms with Gasteiger partial charge in [-0.25, -0.2) is 0 Å². The van der Waals surface area contributed by atoms with E-state index in [-0.39, 0.29) is 5.56 Å². The van der Waals surface area contributed by atoms with Gasteiger partial charge in [0.2, 0.25) is 0 Å². The van der Waals surface area contributed by atoms with Crippen molar-refractivity contribution in [1.82, 2.24) is 0 Å². The summed E-state index contributed by atoms with van der Waals surface area (Å²) in [5.74, 6) is -2.90. The zero-order chi connectivity index (χ0) is 9.19. The van der Waals surface area contributed by atoms with E-state index in [9.17, 15) is 8.78 Å². The van der Waals surface area contributed by atoms with Crippen LogP contribution in [0.1, 0.15) is 5.56 Å². The van der Waals surface area contributed by atoms with Gasteiger partial charge in [0, 0.05) is 9.13 Å². The normalized spacial score (nSPS) is 11.7. The highest BCUT2D eigenvalue weighted by Gasteiger charge is 2.31. The number of alkyl halides is 2. The highest BCUT2D eigenvalue weighted by Crippen LogP contribution is 2.29. The molecule has 0 aliphatic heterocycles. The molecule has 2 N–H and O–H groups in total. The van der Waals surface area contributed by atoms with Crippen molar-refractivity contribution in [2.45, 2.75) is 5.92 Å². The Hall–Kier alpha value is -0.230. The summed E-state index contributed by atoms with van der Waals surface area (Å²) in [6, 6.07) is 6.34. The first kappa shape index (κ1) is 9.85. The Morgan fingerprint density at radius 2 is 1.92 bits per heavy atom. The Labute approximate surface area is 83.1 Å². The van der Waals surface area contributed by atoms with Crippen LogP contribution >= 0.6 is 22.6 Å².